The second-order valence-electron chi connectivity index (χ2n) is 7.32. The molecule has 0 aromatic heterocycles. The van der Waals surface area contributed by atoms with E-state index in [0.717, 1.165) is 30.9 Å². The second-order valence-corrected chi connectivity index (χ2v) is 7.32. The lowest BCUT2D eigenvalue weighted by atomic mass is 9.71. The Morgan fingerprint density at radius 2 is 1.65 bits per heavy atom. The number of halogens is 3. The minimum absolute atomic E-state index is 0.129. The summed E-state index contributed by atoms with van der Waals surface area (Å²) >= 11 is 0. The minimum Gasteiger partial charge on any atom is -0.346 e. The molecule has 0 aliphatic heterocycles. The van der Waals surface area contributed by atoms with Crippen molar-refractivity contribution in [2.24, 2.45) is 5.92 Å². The quantitative estimate of drug-likeness (QED) is 0.817. The van der Waals surface area contributed by atoms with E-state index in [1.807, 2.05) is 30.3 Å². The van der Waals surface area contributed by atoms with Gasteiger partial charge in [0.2, 0.25) is 5.91 Å². The summed E-state index contributed by atoms with van der Waals surface area (Å²) in [6, 6.07) is 15.4. The lowest BCUT2D eigenvalue weighted by Crippen LogP contribution is -2.51. The highest BCUT2D eigenvalue weighted by molar-refractivity contribution is 5.84. The second kappa shape index (κ2) is 6.15. The molecule has 0 spiro atoms. The van der Waals surface area contributed by atoms with Crippen LogP contribution in [-0.4, -0.2) is 5.91 Å². The number of nitrogens with one attached hydrogen (secondary N) is 1. The monoisotopic (exact) mass is 359 g/mol. The van der Waals surface area contributed by atoms with Crippen LogP contribution in [0.3, 0.4) is 0 Å². The van der Waals surface area contributed by atoms with E-state index in [-0.39, 0.29) is 28.8 Å². The molecule has 5 heteroatoms. The molecular formula is C21H20F3NO. The molecule has 2 nitrogen and oxygen atoms in total. The van der Waals surface area contributed by atoms with Crippen LogP contribution in [0.5, 0.6) is 0 Å². The largest absolute Gasteiger partial charge is 0.416 e. The van der Waals surface area contributed by atoms with E-state index in [1.165, 1.54) is 12.1 Å². The first-order valence-electron chi connectivity index (χ1n) is 8.94. The SMILES string of the molecule is O=C(NC1(c2ccccc2)CCC1)C1CC1c1ccccc1C(F)(F)F. The van der Waals surface area contributed by atoms with E-state index in [2.05, 4.69) is 5.32 Å². The predicted molar refractivity (Wildman–Crippen MR) is 92.4 cm³/mol. The highest BCUT2D eigenvalue weighted by Crippen LogP contribution is 2.52. The summed E-state index contributed by atoms with van der Waals surface area (Å²) < 4.78 is 39.7. The fraction of sp³-hybridized carbons (Fsp3) is 0.381. The van der Waals surface area contributed by atoms with Crippen molar-refractivity contribution >= 4 is 5.91 Å². The topological polar surface area (TPSA) is 29.1 Å². The Hall–Kier alpha value is -2.30. The number of alkyl halides is 3. The van der Waals surface area contributed by atoms with Gasteiger partial charge in [-0.2, -0.15) is 13.2 Å². The van der Waals surface area contributed by atoms with Gasteiger partial charge in [-0.15, -0.1) is 0 Å². The zero-order chi connectivity index (χ0) is 18.4. The molecule has 0 heterocycles. The molecule has 1 amide bonds. The van der Waals surface area contributed by atoms with Crippen LogP contribution >= 0.6 is 0 Å². The molecule has 136 valence electrons. The summed E-state index contributed by atoms with van der Waals surface area (Å²) in [4.78, 5) is 12.7. The number of benzene rings is 2. The maximum atomic E-state index is 13.2. The van der Waals surface area contributed by atoms with E-state index in [1.54, 1.807) is 6.07 Å². The van der Waals surface area contributed by atoms with Crippen molar-refractivity contribution in [2.75, 3.05) is 0 Å². The summed E-state index contributed by atoms with van der Waals surface area (Å²) in [6.45, 7) is 0. The average molecular weight is 359 g/mol. The molecular weight excluding hydrogens is 339 g/mol. The van der Waals surface area contributed by atoms with Crippen molar-refractivity contribution in [3.05, 3.63) is 71.3 Å². The maximum absolute atomic E-state index is 13.2. The van der Waals surface area contributed by atoms with E-state index in [9.17, 15) is 18.0 Å². The molecule has 2 aromatic carbocycles. The van der Waals surface area contributed by atoms with Crippen LogP contribution < -0.4 is 5.32 Å². The highest BCUT2D eigenvalue weighted by atomic mass is 19.4. The summed E-state index contributed by atoms with van der Waals surface area (Å²) in [5, 5.41) is 3.15. The molecule has 2 aromatic rings. The van der Waals surface area contributed by atoms with Gasteiger partial charge in [-0.05, 0) is 48.8 Å². The minimum atomic E-state index is -4.39. The highest BCUT2D eigenvalue weighted by Gasteiger charge is 2.50. The Kier molecular flexibility index (Phi) is 4.05. The van der Waals surface area contributed by atoms with Crippen molar-refractivity contribution in [3.63, 3.8) is 0 Å². The lowest BCUT2D eigenvalue weighted by molar-refractivity contribution is -0.138. The molecule has 2 saturated carbocycles. The van der Waals surface area contributed by atoms with Gasteiger partial charge < -0.3 is 5.32 Å². The Morgan fingerprint density at radius 3 is 2.27 bits per heavy atom. The summed E-state index contributed by atoms with van der Waals surface area (Å²) in [5.41, 5.74) is 0.339. The molecule has 2 aliphatic rings. The van der Waals surface area contributed by atoms with Crippen molar-refractivity contribution < 1.29 is 18.0 Å². The zero-order valence-electron chi connectivity index (χ0n) is 14.2. The molecule has 0 bridgehead atoms. The van der Waals surface area contributed by atoms with Gasteiger partial charge in [0, 0.05) is 5.92 Å². The van der Waals surface area contributed by atoms with Gasteiger partial charge in [-0.3, -0.25) is 4.79 Å². The third-order valence-corrected chi connectivity index (χ3v) is 5.69. The van der Waals surface area contributed by atoms with Crippen molar-refractivity contribution in [2.45, 2.75) is 43.3 Å². The third kappa shape index (κ3) is 3.00. The third-order valence-electron chi connectivity index (χ3n) is 5.69. The van der Waals surface area contributed by atoms with Gasteiger partial charge in [0.05, 0.1) is 11.1 Å². The number of amides is 1. The molecule has 2 atom stereocenters. The molecule has 4 rings (SSSR count). The predicted octanol–water partition coefficient (Wildman–Crippen LogP) is 5.00. The first kappa shape index (κ1) is 17.1. The van der Waals surface area contributed by atoms with Gasteiger partial charge in [-0.25, -0.2) is 0 Å². The Bertz CT molecular complexity index is 812. The number of carbonyl (C=O) groups excluding carboxylic acids is 1. The van der Waals surface area contributed by atoms with Crippen LogP contribution in [0, 0.1) is 5.92 Å². The van der Waals surface area contributed by atoms with Crippen LogP contribution in [-0.2, 0) is 16.5 Å². The molecule has 26 heavy (non-hydrogen) atoms. The molecule has 2 fully saturated rings. The van der Waals surface area contributed by atoms with Gasteiger partial charge in [0.1, 0.15) is 0 Å². The Labute approximate surface area is 150 Å². The van der Waals surface area contributed by atoms with Crippen LogP contribution in [0.2, 0.25) is 0 Å². The lowest BCUT2D eigenvalue weighted by Gasteiger charge is -2.43. The Morgan fingerprint density at radius 1 is 1.00 bits per heavy atom. The first-order valence-corrected chi connectivity index (χ1v) is 8.94. The van der Waals surface area contributed by atoms with E-state index < -0.39 is 11.7 Å². The molecule has 1 N–H and O–H groups in total. The van der Waals surface area contributed by atoms with E-state index in [0.29, 0.717) is 6.42 Å². The van der Waals surface area contributed by atoms with Crippen LogP contribution in [0.15, 0.2) is 54.6 Å². The number of hydrogen-bond acceptors (Lipinski definition) is 1. The summed E-state index contributed by atoms with van der Waals surface area (Å²) in [6.07, 6.45) is -1.12. The van der Waals surface area contributed by atoms with Gasteiger partial charge in [0.25, 0.3) is 0 Å². The Balaban J connectivity index is 1.50. The number of carbonyl (C=O) groups is 1. The molecule has 0 saturated heterocycles. The fourth-order valence-corrected chi connectivity index (χ4v) is 4.01. The van der Waals surface area contributed by atoms with Crippen LogP contribution in [0.4, 0.5) is 13.2 Å². The van der Waals surface area contributed by atoms with E-state index in [4.69, 9.17) is 0 Å². The first-order chi connectivity index (χ1) is 12.4. The summed E-state index contributed by atoms with van der Waals surface area (Å²) in [5.74, 6) is -0.851. The van der Waals surface area contributed by atoms with Gasteiger partial charge >= 0.3 is 6.18 Å². The number of hydrogen-bond donors (Lipinski definition) is 1. The van der Waals surface area contributed by atoms with Crippen molar-refractivity contribution in [3.8, 4) is 0 Å². The van der Waals surface area contributed by atoms with Crippen molar-refractivity contribution in [1.82, 2.24) is 5.32 Å². The smallest absolute Gasteiger partial charge is 0.346 e. The molecule has 2 unspecified atom stereocenters. The van der Waals surface area contributed by atoms with Crippen LogP contribution in [0.1, 0.15) is 48.3 Å². The van der Waals surface area contributed by atoms with Crippen LogP contribution in [0.25, 0.3) is 0 Å². The average Bonchev–Trinajstić information content (AvgIpc) is 3.39. The van der Waals surface area contributed by atoms with Gasteiger partial charge in [0.15, 0.2) is 0 Å². The molecule has 0 radical (unpaired) electrons. The maximum Gasteiger partial charge on any atom is 0.416 e. The fourth-order valence-electron chi connectivity index (χ4n) is 4.01. The number of rotatable bonds is 4. The normalized spacial score (nSPS) is 23.8. The van der Waals surface area contributed by atoms with Crippen molar-refractivity contribution in [1.29, 1.82) is 0 Å². The molecule has 2 aliphatic carbocycles. The summed E-state index contributed by atoms with van der Waals surface area (Å²) in [7, 11) is 0. The van der Waals surface area contributed by atoms with Gasteiger partial charge in [-0.1, -0.05) is 48.5 Å². The standard InChI is InChI=1S/C21H20F3NO/c22-21(23,24)18-10-5-4-9-15(18)16-13-17(16)19(26)25-20(11-6-12-20)14-7-2-1-3-8-14/h1-5,7-10,16-17H,6,11-13H2,(H,25,26). The van der Waals surface area contributed by atoms with E-state index >= 15 is 0 Å². The zero-order valence-corrected chi connectivity index (χ0v) is 14.2.